The largest absolute Gasteiger partial charge is 3.00 e. The molecule has 332 valence electrons. The Hall–Kier alpha value is -5.89. The number of para-hydroxylation sites is 6. The summed E-state index contributed by atoms with van der Waals surface area (Å²) >= 11 is 0. The van der Waals surface area contributed by atoms with Crippen molar-refractivity contribution in [2.24, 2.45) is 15.0 Å². The van der Waals surface area contributed by atoms with Gasteiger partial charge in [-0.15, -0.1) is 0 Å². The second-order valence-electron chi connectivity index (χ2n) is 11.9. The first kappa shape index (κ1) is 51.5. The summed E-state index contributed by atoms with van der Waals surface area (Å²) in [5.41, 5.74) is -3.40. The average molecular weight is 1040 g/mol. The van der Waals surface area contributed by atoms with Crippen molar-refractivity contribution in [1.29, 1.82) is 0 Å². The van der Waals surface area contributed by atoms with Crippen molar-refractivity contribution in [3.05, 3.63) is 195 Å². The van der Waals surface area contributed by atoms with Crippen LogP contribution in [0.4, 0.5) is 86.8 Å². The number of hydrogen-bond donors (Lipinski definition) is 0. The molecule has 1 aliphatic heterocycles. The maximum Gasteiger partial charge on any atom is 3.00 e. The Morgan fingerprint density at radius 2 is 0.524 bits per heavy atom. The average Bonchev–Trinajstić information content (AvgIpc) is 3.83. The normalized spacial score (nSPS) is 11.8. The van der Waals surface area contributed by atoms with Crippen LogP contribution in [0.1, 0.15) is 12.8 Å². The van der Waals surface area contributed by atoms with Crippen molar-refractivity contribution in [2.45, 2.75) is 12.8 Å². The first-order chi connectivity index (χ1) is 29.8. The summed E-state index contributed by atoms with van der Waals surface area (Å²) in [7, 11) is 0. The van der Waals surface area contributed by atoms with E-state index in [9.17, 15) is 52.7 Å². The van der Waals surface area contributed by atoms with Gasteiger partial charge >= 0.3 is 37.7 Å². The van der Waals surface area contributed by atoms with E-state index in [1.54, 1.807) is 0 Å². The van der Waals surface area contributed by atoms with Crippen molar-refractivity contribution in [3.8, 4) is 0 Å². The van der Waals surface area contributed by atoms with E-state index in [0.717, 1.165) is 86.0 Å². The molecule has 1 fully saturated rings. The summed E-state index contributed by atoms with van der Waals surface area (Å²) in [5, 5.41) is 10.2. The number of nitrogens with zero attached hydrogens (tertiary/aromatic N) is 6. The van der Waals surface area contributed by atoms with Gasteiger partial charge < -0.3 is 35.7 Å². The summed E-state index contributed by atoms with van der Waals surface area (Å²) in [4.78, 5) is 10.2. The van der Waals surface area contributed by atoms with E-state index >= 15 is 0 Å². The molecule has 6 aromatic rings. The Kier molecular flexibility index (Phi) is 21.7. The number of ether oxygens (including phenoxy) is 1. The Labute approximate surface area is 382 Å². The third kappa shape index (κ3) is 16.1. The zero-order valence-electron chi connectivity index (χ0n) is 31.9. The van der Waals surface area contributed by atoms with E-state index in [-0.39, 0.29) is 37.7 Å². The second-order valence-corrected chi connectivity index (χ2v) is 11.9. The zero-order chi connectivity index (χ0) is 45.0. The first-order valence-corrected chi connectivity index (χ1v) is 17.7. The molecule has 7 rings (SSSR count). The summed E-state index contributed by atoms with van der Waals surface area (Å²) in [6.07, 6.45) is 4.65. The monoisotopic (exact) mass is 1040 g/mol. The second kappa shape index (κ2) is 26.6. The minimum atomic E-state index is -0.888. The number of aliphatic imine (C=N–C) groups is 3. The van der Waals surface area contributed by atoms with Gasteiger partial charge in [0, 0.05) is 47.3 Å². The quantitative estimate of drug-likeness (QED) is 0.0614. The summed E-state index contributed by atoms with van der Waals surface area (Å²) in [6.45, 7) is 2.00. The molecular formula is C43H29F12HoN6O. The van der Waals surface area contributed by atoms with Gasteiger partial charge in [-0.2, -0.15) is 0 Å². The predicted molar refractivity (Wildman–Crippen MR) is 212 cm³/mol. The molecule has 1 aliphatic rings. The molecule has 0 aliphatic carbocycles. The Morgan fingerprint density at radius 1 is 0.333 bits per heavy atom. The molecule has 20 heteroatoms. The van der Waals surface area contributed by atoms with Gasteiger partial charge in [0.05, 0.1) is 0 Å². The molecule has 1 heterocycles. The van der Waals surface area contributed by atoms with Gasteiger partial charge in [-0.3, -0.25) is 0 Å². The van der Waals surface area contributed by atoms with Crippen LogP contribution in [0.25, 0.3) is 16.0 Å². The van der Waals surface area contributed by atoms with Crippen LogP contribution in [0, 0.1) is 108 Å². The molecule has 0 aromatic heterocycles. The van der Waals surface area contributed by atoms with Gasteiger partial charge in [0.25, 0.3) is 0 Å². The zero-order valence-corrected chi connectivity index (χ0v) is 33.8. The number of halogens is 12. The van der Waals surface area contributed by atoms with Crippen LogP contribution in [0.5, 0.6) is 0 Å². The van der Waals surface area contributed by atoms with Crippen LogP contribution < -0.4 is 0 Å². The topological polar surface area (TPSA) is 88.6 Å². The molecule has 0 bridgehead atoms. The fourth-order valence-electron chi connectivity index (χ4n) is 4.62. The molecule has 0 spiro atoms. The molecule has 1 saturated heterocycles. The minimum Gasteiger partial charge on any atom is -0.438 e. The fraction of sp³-hybridized carbons (Fsp3) is 0.0930. The smallest absolute Gasteiger partial charge is 0.438 e. The van der Waals surface area contributed by atoms with Gasteiger partial charge in [-0.1, -0.05) is 55.4 Å². The van der Waals surface area contributed by atoms with Crippen LogP contribution in [0.15, 0.2) is 124 Å². The third-order valence-corrected chi connectivity index (χ3v) is 7.57. The van der Waals surface area contributed by atoms with Crippen molar-refractivity contribution >= 4 is 53.1 Å². The Balaban J connectivity index is 0.000000236. The van der Waals surface area contributed by atoms with Crippen LogP contribution in [-0.2, 0) is 4.74 Å². The minimum absolute atomic E-state index is 0. The van der Waals surface area contributed by atoms with Crippen LogP contribution in [0.3, 0.4) is 0 Å². The molecule has 0 saturated carbocycles. The van der Waals surface area contributed by atoms with E-state index in [0.29, 0.717) is 19.0 Å². The van der Waals surface area contributed by atoms with Gasteiger partial charge in [0.1, 0.15) is 69.8 Å². The molecule has 7 nitrogen and oxygen atoms in total. The fourth-order valence-corrected chi connectivity index (χ4v) is 4.62. The summed E-state index contributed by atoms with van der Waals surface area (Å²) in [6, 6.07) is 19.2. The maximum absolute atomic E-state index is 13.2. The molecular weight excluding hydrogens is 1010 g/mol. The molecule has 0 N–H and O–H groups in total. The standard InChI is InChI=1S/3C13H7F4N2.C4H8O.Ho/c3*14-8-3-1-4-9(15)12(8)18-7-19-13-10(16)5-2-6-11(13)17;1-2-4-5-3-1;/h3*1-7H;1-4H2;/q3*-1;;+3. The molecule has 0 radical (unpaired) electrons. The van der Waals surface area contributed by atoms with Gasteiger partial charge in [-0.25, -0.2) is 52.7 Å². The van der Waals surface area contributed by atoms with Gasteiger partial charge in [0.15, 0.2) is 0 Å². The van der Waals surface area contributed by atoms with E-state index in [4.69, 9.17) is 4.74 Å². The Bertz CT molecular complexity index is 2110. The van der Waals surface area contributed by atoms with Crippen LogP contribution in [-0.4, -0.2) is 32.2 Å². The van der Waals surface area contributed by atoms with Crippen molar-refractivity contribution in [3.63, 3.8) is 0 Å². The van der Waals surface area contributed by atoms with E-state index in [1.807, 2.05) is 0 Å². The van der Waals surface area contributed by atoms with Crippen molar-refractivity contribution in [1.82, 2.24) is 0 Å². The first-order valence-electron chi connectivity index (χ1n) is 17.7. The van der Waals surface area contributed by atoms with Gasteiger partial charge in [-0.05, 0) is 85.6 Å². The summed E-state index contributed by atoms with van der Waals surface area (Å²) < 4.78 is 163. The SMILES string of the molecule is C1CCOC1.Fc1cccc(F)c1N=C[N-]c1c(F)cccc1F.Fc1cccc(F)c1N=C[N-]c1c(F)cccc1F.Fc1cccc(F)c1N=C[N-]c1c(F)cccc1F.[Ho+3]. The number of rotatable bonds is 9. The predicted octanol–water partition coefficient (Wildman–Crippen LogP) is 14.6. The van der Waals surface area contributed by atoms with Crippen LogP contribution >= 0.6 is 0 Å². The molecule has 0 atom stereocenters. The van der Waals surface area contributed by atoms with Crippen molar-refractivity contribution in [2.75, 3.05) is 13.2 Å². The van der Waals surface area contributed by atoms with E-state index in [2.05, 4.69) is 30.9 Å². The van der Waals surface area contributed by atoms with Crippen molar-refractivity contribution < 1.29 is 95.2 Å². The summed E-state index contributed by atoms with van der Waals surface area (Å²) in [5.74, 6) is -10.7. The number of benzene rings is 6. The molecule has 0 unspecified atom stereocenters. The van der Waals surface area contributed by atoms with E-state index < -0.39 is 104 Å². The number of hydrogen-bond acceptors (Lipinski definition) is 4. The van der Waals surface area contributed by atoms with E-state index in [1.165, 1.54) is 49.2 Å². The molecule has 6 aromatic carbocycles. The molecule has 63 heavy (non-hydrogen) atoms. The maximum atomic E-state index is 13.2. The third-order valence-electron chi connectivity index (χ3n) is 7.57. The van der Waals surface area contributed by atoms with Gasteiger partial charge in [0.2, 0.25) is 0 Å². The Morgan fingerprint density at radius 3 is 0.698 bits per heavy atom. The van der Waals surface area contributed by atoms with Crippen LogP contribution in [0.2, 0.25) is 0 Å². The molecule has 0 amide bonds.